The van der Waals surface area contributed by atoms with Gasteiger partial charge in [-0.2, -0.15) is 10.1 Å². The van der Waals surface area contributed by atoms with Gasteiger partial charge in [0.1, 0.15) is 5.69 Å². The monoisotopic (exact) mass is 474 g/mol. The van der Waals surface area contributed by atoms with Crippen molar-refractivity contribution < 1.29 is 26.7 Å². The number of benzene rings is 3. The van der Waals surface area contributed by atoms with Crippen LogP contribution in [0.5, 0.6) is 0 Å². The smallest absolute Gasteiger partial charge is 0.267 e. The van der Waals surface area contributed by atoms with Gasteiger partial charge < -0.3 is 0 Å². The fraction of sp³-hybridized carbons (Fsp3) is 0.0833. The van der Waals surface area contributed by atoms with Crippen LogP contribution in [-0.2, 0) is 4.79 Å². The lowest BCUT2D eigenvalue weighted by Gasteiger charge is -2.15. The Hall–Kier alpha value is -3.46. The molecular formula is C24H15F5N2OS. The van der Waals surface area contributed by atoms with Crippen molar-refractivity contribution >= 4 is 45.9 Å². The fourth-order valence-corrected chi connectivity index (χ4v) is 4.26. The second-order valence-corrected chi connectivity index (χ2v) is 8.14. The molecule has 0 saturated carbocycles. The molecular weight excluding hydrogens is 459 g/mol. The molecule has 9 heteroatoms. The molecule has 0 spiro atoms. The molecule has 168 valence electrons. The topological polar surface area (TPSA) is 32.7 Å². The molecule has 3 nitrogen and oxygen atoms in total. The molecule has 0 aromatic heterocycles. The Morgan fingerprint density at radius 2 is 1.55 bits per heavy atom. The summed E-state index contributed by atoms with van der Waals surface area (Å²) in [6, 6.07) is 11.1. The predicted molar refractivity (Wildman–Crippen MR) is 120 cm³/mol. The SMILES string of the molecule is C=CCSc1ccc(/C=C2/C(=O)N(c3c(F)c(F)c(F)c(F)c3F)N=C2C)c2ccccc12. The number of hydrazone groups is 1. The molecule has 1 amide bonds. The van der Waals surface area contributed by atoms with Crippen LogP contribution >= 0.6 is 11.8 Å². The normalized spacial score (nSPS) is 15.0. The van der Waals surface area contributed by atoms with Gasteiger partial charge in [0.15, 0.2) is 23.3 Å². The number of nitrogens with zero attached hydrogens (tertiary/aromatic N) is 2. The van der Waals surface area contributed by atoms with Crippen molar-refractivity contribution in [2.75, 3.05) is 10.8 Å². The Balaban J connectivity index is 1.80. The third-order valence-corrected chi connectivity index (χ3v) is 6.10. The number of rotatable bonds is 5. The summed E-state index contributed by atoms with van der Waals surface area (Å²) >= 11 is 1.58. The van der Waals surface area contributed by atoms with E-state index in [0.29, 0.717) is 11.3 Å². The van der Waals surface area contributed by atoms with E-state index in [0.717, 1.165) is 15.7 Å². The second kappa shape index (κ2) is 8.82. The molecule has 0 unspecified atom stereocenters. The van der Waals surface area contributed by atoms with E-state index in [9.17, 15) is 26.7 Å². The van der Waals surface area contributed by atoms with Crippen molar-refractivity contribution in [3.8, 4) is 0 Å². The molecule has 1 heterocycles. The van der Waals surface area contributed by atoms with E-state index >= 15 is 0 Å². The third kappa shape index (κ3) is 3.82. The lowest BCUT2D eigenvalue weighted by atomic mass is 10.0. The summed E-state index contributed by atoms with van der Waals surface area (Å²) < 4.78 is 69.2. The number of anilines is 1. The first-order valence-electron chi connectivity index (χ1n) is 9.64. The van der Waals surface area contributed by atoms with Crippen molar-refractivity contribution in [3.63, 3.8) is 0 Å². The number of halogens is 5. The maximum absolute atomic E-state index is 14.3. The highest BCUT2D eigenvalue weighted by atomic mass is 32.2. The molecule has 0 fully saturated rings. The van der Waals surface area contributed by atoms with E-state index in [4.69, 9.17) is 0 Å². The molecule has 1 aliphatic rings. The first-order valence-corrected chi connectivity index (χ1v) is 10.6. The van der Waals surface area contributed by atoms with E-state index in [2.05, 4.69) is 11.7 Å². The van der Waals surface area contributed by atoms with Gasteiger partial charge in [-0.3, -0.25) is 4.79 Å². The summed E-state index contributed by atoms with van der Waals surface area (Å²) in [5.74, 6) is -11.2. The first kappa shape index (κ1) is 22.7. The number of carbonyl (C=O) groups is 1. The minimum Gasteiger partial charge on any atom is -0.267 e. The molecule has 33 heavy (non-hydrogen) atoms. The molecule has 1 aliphatic heterocycles. The second-order valence-electron chi connectivity index (χ2n) is 7.08. The van der Waals surface area contributed by atoms with Crippen molar-refractivity contribution in [1.82, 2.24) is 0 Å². The number of thioether (sulfide) groups is 1. The van der Waals surface area contributed by atoms with Crippen LogP contribution in [0.25, 0.3) is 16.8 Å². The van der Waals surface area contributed by atoms with Gasteiger partial charge in [0.2, 0.25) is 5.82 Å². The fourth-order valence-electron chi connectivity index (χ4n) is 3.47. The Kier molecular flexibility index (Phi) is 6.07. The average Bonchev–Trinajstić information content (AvgIpc) is 3.09. The van der Waals surface area contributed by atoms with Gasteiger partial charge in [0, 0.05) is 10.6 Å². The highest BCUT2D eigenvalue weighted by Gasteiger charge is 2.37. The number of hydrogen-bond donors (Lipinski definition) is 0. The zero-order valence-electron chi connectivity index (χ0n) is 17.1. The highest BCUT2D eigenvalue weighted by molar-refractivity contribution is 7.99. The van der Waals surface area contributed by atoms with Gasteiger partial charge in [0.05, 0.1) is 11.3 Å². The molecule has 0 bridgehead atoms. The summed E-state index contributed by atoms with van der Waals surface area (Å²) in [5, 5.41) is 5.71. The van der Waals surface area contributed by atoms with Crippen LogP contribution in [0.1, 0.15) is 12.5 Å². The molecule has 3 aromatic carbocycles. The number of hydrogen-bond acceptors (Lipinski definition) is 3. The van der Waals surface area contributed by atoms with Crippen LogP contribution in [0.15, 0.2) is 64.6 Å². The Bertz CT molecular complexity index is 1350. The molecule has 0 aliphatic carbocycles. The summed E-state index contributed by atoms with van der Waals surface area (Å²) in [6.45, 7) is 5.12. The number of amides is 1. The van der Waals surface area contributed by atoms with Gasteiger partial charge >= 0.3 is 0 Å². The lowest BCUT2D eigenvalue weighted by Crippen LogP contribution is -2.25. The van der Waals surface area contributed by atoms with Gasteiger partial charge in [-0.1, -0.05) is 36.4 Å². The Morgan fingerprint density at radius 3 is 2.18 bits per heavy atom. The van der Waals surface area contributed by atoms with Gasteiger partial charge in [0.25, 0.3) is 5.91 Å². The number of fused-ring (bicyclic) bond motifs is 1. The average molecular weight is 474 g/mol. The molecule has 0 atom stereocenters. The summed E-state index contributed by atoms with van der Waals surface area (Å²) in [7, 11) is 0. The quantitative estimate of drug-likeness (QED) is 0.104. The highest BCUT2D eigenvalue weighted by Crippen LogP contribution is 2.35. The summed E-state index contributed by atoms with van der Waals surface area (Å²) in [4.78, 5) is 13.9. The van der Waals surface area contributed by atoms with E-state index in [1.54, 1.807) is 23.9 Å². The molecule has 0 saturated heterocycles. The molecule has 3 aromatic rings. The van der Waals surface area contributed by atoms with Crippen molar-refractivity contribution in [1.29, 1.82) is 0 Å². The van der Waals surface area contributed by atoms with Crippen LogP contribution < -0.4 is 5.01 Å². The van der Waals surface area contributed by atoms with E-state index < -0.39 is 40.7 Å². The van der Waals surface area contributed by atoms with Crippen LogP contribution in [0, 0.1) is 29.1 Å². The predicted octanol–water partition coefficient (Wildman–Crippen LogP) is 6.62. The van der Waals surface area contributed by atoms with E-state index in [1.165, 1.54) is 13.0 Å². The van der Waals surface area contributed by atoms with Crippen LogP contribution in [0.2, 0.25) is 0 Å². The van der Waals surface area contributed by atoms with Gasteiger partial charge in [-0.15, -0.1) is 18.3 Å². The molecule has 0 N–H and O–H groups in total. The van der Waals surface area contributed by atoms with E-state index in [-0.39, 0.29) is 16.3 Å². The third-order valence-electron chi connectivity index (χ3n) is 5.04. The first-order chi connectivity index (χ1) is 15.8. The zero-order valence-corrected chi connectivity index (χ0v) is 18.0. The van der Waals surface area contributed by atoms with Crippen molar-refractivity contribution in [2.45, 2.75) is 11.8 Å². The summed E-state index contributed by atoms with van der Waals surface area (Å²) in [5.41, 5.74) is -0.750. The molecule has 4 rings (SSSR count). The molecule has 0 radical (unpaired) electrons. The minimum absolute atomic E-state index is 0.0319. The zero-order chi connectivity index (χ0) is 23.9. The van der Waals surface area contributed by atoms with Crippen molar-refractivity contribution in [2.24, 2.45) is 5.10 Å². The van der Waals surface area contributed by atoms with Gasteiger partial charge in [-0.05, 0) is 35.4 Å². The van der Waals surface area contributed by atoms with Gasteiger partial charge in [-0.25, -0.2) is 22.0 Å². The Labute approximate surface area is 189 Å². The minimum atomic E-state index is -2.31. The van der Waals surface area contributed by atoms with Crippen LogP contribution in [-0.4, -0.2) is 17.4 Å². The van der Waals surface area contributed by atoms with Crippen LogP contribution in [0.3, 0.4) is 0 Å². The summed E-state index contributed by atoms with van der Waals surface area (Å²) in [6.07, 6.45) is 3.26. The van der Waals surface area contributed by atoms with Crippen molar-refractivity contribution in [3.05, 3.63) is 89.3 Å². The largest absolute Gasteiger partial charge is 0.280 e. The van der Waals surface area contributed by atoms with E-state index in [1.807, 2.05) is 30.3 Å². The number of carbonyl (C=O) groups excluding carboxylic acids is 1. The standard InChI is InChI=1S/C24H15F5N2OS/c1-3-10-33-17-9-8-13(14-6-4-5-7-15(14)17)11-16-12(2)30-31(24(16)32)23-21(28)19(26)18(25)20(27)22(23)29/h3-9,11H,1,10H2,2H3/b16-11+. The lowest BCUT2D eigenvalue weighted by molar-refractivity contribution is -0.114. The Morgan fingerprint density at radius 1 is 0.939 bits per heavy atom. The maximum Gasteiger partial charge on any atom is 0.280 e. The maximum atomic E-state index is 14.3. The van der Waals surface area contributed by atoms with Crippen LogP contribution in [0.4, 0.5) is 27.6 Å².